The first-order chi connectivity index (χ1) is 8.27. The fourth-order valence-corrected chi connectivity index (χ4v) is 2.72. The Balaban J connectivity index is 2.22. The van der Waals surface area contributed by atoms with Crippen molar-refractivity contribution < 1.29 is 0 Å². The highest BCUT2D eigenvalue weighted by atomic mass is 79.9. The van der Waals surface area contributed by atoms with E-state index < -0.39 is 0 Å². The van der Waals surface area contributed by atoms with Crippen molar-refractivity contribution in [2.24, 2.45) is 0 Å². The van der Waals surface area contributed by atoms with Crippen molar-refractivity contribution in [3.05, 3.63) is 39.4 Å². The number of fused-ring (bicyclic) bond motifs is 1. The quantitative estimate of drug-likeness (QED) is 0.875. The molecular formula is C12H12BrN3O. The molecule has 1 aliphatic rings. The molecular weight excluding hydrogens is 282 g/mol. The number of hydrogen-bond acceptors (Lipinski definition) is 3. The van der Waals surface area contributed by atoms with E-state index in [1.54, 1.807) is 10.9 Å². The molecule has 17 heavy (non-hydrogen) atoms. The zero-order valence-electron chi connectivity index (χ0n) is 9.19. The van der Waals surface area contributed by atoms with Gasteiger partial charge in [0.25, 0.3) is 5.56 Å². The standard InChI is InChI=1S/C12H12BrN3O/c13-9-4-1-3-8-11(9)15-7-16(12(8)17)10-5-2-6-14-10/h1,3-4,7,10,14H,2,5-6H2. The largest absolute Gasteiger partial charge is 0.297 e. The lowest BCUT2D eigenvalue weighted by molar-refractivity contribution is 0.453. The molecule has 2 heterocycles. The van der Waals surface area contributed by atoms with E-state index in [1.807, 2.05) is 18.2 Å². The van der Waals surface area contributed by atoms with Crippen molar-refractivity contribution in [3.63, 3.8) is 0 Å². The van der Waals surface area contributed by atoms with Gasteiger partial charge in [0.1, 0.15) is 0 Å². The molecule has 1 fully saturated rings. The maximum absolute atomic E-state index is 12.3. The van der Waals surface area contributed by atoms with E-state index in [4.69, 9.17) is 0 Å². The summed E-state index contributed by atoms with van der Waals surface area (Å²) in [6, 6.07) is 5.58. The molecule has 0 amide bonds. The lowest BCUT2D eigenvalue weighted by Crippen LogP contribution is -2.30. The predicted molar refractivity (Wildman–Crippen MR) is 70.0 cm³/mol. The number of nitrogens with zero attached hydrogens (tertiary/aromatic N) is 2. The number of benzene rings is 1. The Morgan fingerprint density at radius 3 is 3.12 bits per heavy atom. The number of para-hydroxylation sites is 1. The molecule has 4 nitrogen and oxygen atoms in total. The molecule has 0 saturated carbocycles. The second kappa shape index (κ2) is 4.23. The van der Waals surface area contributed by atoms with Gasteiger partial charge in [0.2, 0.25) is 0 Å². The smallest absolute Gasteiger partial charge is 0.262 e. The van der Waals surface area contributed by atoms with Gasteiger partial charge in [-0.25, -0.2) is 4.98 Å². The summed E-state index contributed by atoms with van der Waals surface area (Å²) in [5.41, 5.74) is 0.752. The van der Waals surface area contributed by atoms with Crippen LogP contribution in [0.2, 0.25) is 0 Å². The maximum Gasteiger partial charge on any atom is 0.262 e. The van der Waals surface area contributed by atoms with Crippen LogP contribution < -0.4 is 10.9 Å². The minimum absolute atomic E-state index is 0.0238. The molecule has 2 aromatic rings. The highest BCUT2D eigenvalue weighted by molar-refractivity contribution is 9.10. The summed E-state index contributed by atoms with van der Waals surface area (Å²) in [5, 5.41) is 3.97. The molecule has 0 radical (unpaired) electrons. The van der Waals surface area contributed by atoms with Crippen molar-refractivity contribution >= 4 is 26.8 Å². The lowest BCUT2D eigenvalue weighted by atomic mass is 10.2. The SMILES string of the molecule is O=c1c2cccc(Br)c2ncn1C1CCCN1. The fourth-order valence-electron chi connectivity index (χ4n) is 2.26. The summed E-state index contributed by atoms with van der Waals surface area (Å²) in [6.07, 6.45) is 3.83. The van der Waals surface area contributed by atoms with Crippen LogP contribution in [0.5, 0.6) is 0 Å². The summed E-state index contributed by atoms with van der Waals surface area (Å²) in [5.74, 6) is 0. The monoisotopic (exact) mass is 293 g/mol. The molecule has 88 valence electrons. The van der Waals surface area contributed by atoms with Crippen LogP contribution in [-0.4, -0.2) is 16.1 Å². The van der Waals surface area contributed by atoms with Gasteiger partial charge in [-0.2, -0.15) is 0 Å². The fraction of sp³-hybridized carbons (Fsp3) is 0.333. The van der Waals surface area contributed by atoms with Crippen LogP contribution in [0.1, 0.15) is 19.0 Å². The summed E-state index contributed by atoms with van der Waals surface area (Å²) >= 11 is 3.41. The second-order valence-corrected chi connectivity index (χ2v) is 5.06. The van der Waals surface area contributed by atoms with Crippen LogP contribution in [0, 0.1) is 0 Å². The van der Waals surface area contributed by atoms with Gasteiger partial charge in [0, 0.05) is 4.47 Å². The Labute approximate surface area is 107 Å². The molecule has 0 bridgehead atoms. The average molecular weight is 294 g/mol. The van der Waals surface area contributed by atoms with Crippen molar-refractivity contribution in [2.75, 3.05) is 6.54 Å². The molecule has 1 unspecified atom stereocenters. The van der Waals surface area contributed by atoms with Gasteiger partial charge in [-0.3, -0.25) is 14.7 Å². The lowest BCUT2D eigenvalue weighted by Gasteiger charge is -2.14. The van der Waals surface area contributed by atoms with E-state index in [-0.39, 0.29) is 11.7 Å². The zero-order chi connectivity index (χ0) is 11.8. The zero-order valence-corrected chi connectivity index (χ0v) is 10.8. The number of hydrogen-bond donors (Lipinski definition) is 1. The van der Waals surface area contributed by atoms with Gasteiger partial charge in [-0.05, 0) is 47.4 Å². The summed E-state index contributed by atoms with van der Waals surface area (Å²) in [6.45, 7) is 0.966. The summed E-state index contributed by atoms with van der Waals surface area (Å²) in [7, 11) is 0. The van der Waals surface area contributed by atoms with Gasteiger partial charge in [0.15, 0.2) is 0 Å². The van der Waals surface area contributed by atoms with Crippen LogP contribution in [0.25, 0.3) is 10.9 Å². The van der Waals surface area contributed by atoms with Gasteiger partial charge < -0.3 is 0 Å². The van der Waals surface area contributed by atoms with E-state index >= 15 is 0 Å². The molecule has 1 aromatic heterocycles. The van der Waals surface area contributed by atoms with E-state index in [1.165, 1.54) is 0 Å². The molecule has 0 spiro atoms. The highest BCUT2D eigenvalue weighted by Gasteiger charge is 2.18. The first kappa shape index (κ1) is 10.9. The Morgan fingerprint density at radius 2 is 2.35 bits per heavy atom. The van der Waals surface area contributed by atoms with E-state index in [0.717, 1.165) is 29.4 Å². The third-order valence-corrected chi connectivity index (χ3v) is 3.77. The van der Waals surface area contributed by atoms with Crippen LogP contribution in [0.4, 0.5) is 0 Å². The van der Waals surface area contributed by atoms with Crippen molar-refractivity contribution in [1.29, 1.82) is 0 Å². The average Bonchev–Trinajstić information content (AvgIpc) is 2.84. The topological polar surface area (TPSA) is 46.9 Å². The number of halogens is 1. The second-order valence-electron chi connectivity index (χ2n) is 4.21. The van der Waals surface area contributed by atoms with Crippen molar-refractivity contribution in [3.8, 4) is 0 Å². The normalized spacial score (nSPS) is 19.9. The van der Waals surface area contributed by atoms with Gasteiger partial charge in [-0.15, -0.1) is 0 Å². The molecule has 1 aromatic carbocycles. The molecule has 1 saturated heterocycles. The first-order valence-corrected chi connectivity index (χ1v) is 6.45. The highest BCUT2D eigenvalue weighted by Crippen LogP contribution is 2.20. The maximum atomic E-state index is 12.3. The Hall–Kier alpha value is -1.20. The molecule has 1 atom stereocenters. The molecule has 5 heteroatoms. The summed E-state index contributed by atoms with van der Waals surface area (Å²) in [4.78, 5) is 16.7. The molecule has 3 rings (SSSR count). The Morgan fingerprint density at radius 1 is 1.47 bits per heavy atom. The molecule has 1 N–H and O–H groups in total. The van der Waals surface area contributed by atoms with E-state index in [2.05, 4.69) is 26.2 Å². The minimum Gasteiger partial charge on any atom is -0.297 e. The third-order valence-electron chi connectivity index (χ3n) is 3.13. The molecule has 0 aliphatic carbocycles. The predicted octanol–water partition coefficient (Wildman–Crippen LogP) is 2.04. The van der Waals surface area contributed by atoms with Crippen molar-refractivity contribution in [2.45, 2.75) is 19.0 Å². The number of nitrogens with one attached hydrogen (secondary N) is 1. The first-order valence-electron chi connectivity index (χ1n) is 5.66. The Kier molecular flexibility index (Phi) is 2.72. The third kappa shape index (κ3) is 1.79. The number of aromatic nitrogens is 2. The van der Waals surface area contributed by atoms with Gasteiger partial charge >= 0.3 is 0 Å². The number of rotatable bonds is 1. The van der Waals surface area contributed by atoms with Gasteiger partial charge in [-0.1, -0.05) is 6.07 Å². The van der Waals surface area contributed by atoms with Crippen LogP contribution >= 0.6 is 15.9 Å². The van der Waals surface area contributed by atoms with Crippen LogP contribution in [0.15, 0.2) is 33.8 Å². The van der Waals surface area contributed by atoms with Crippen LogP contribution in [0.3, 0.4) is 0 Å². The van der Waals surface area contributed by atoms with E-state index in [0.29, 0.717) is 5.39 Å². The van der Waals surface area contributed by atoms with Gasteiger partial charge in [0.05, 0.1) is 23.4 Å². The summed E-state index contributed by atoms with van der Waals surface area (Å²) < 4.78 is 2.56. The van der Waals surface area contributed by atoms with Crippen LogP contribution in [-0.2, 0) is 0 Å². The van der Waals surface area contributed by atoms with E-state index in [9.17, 15) is 4.79 Å². The Bertz CT molecular complexity index is 617. The molecule has 1 aliphatic heterocycles. The van der Waals surface area contributed by atoms with Crippen molar-refractivity contribution in [1.82, 2.24) is 14.9 Å². The minimum atomic E-state index is 0.0238.